The first-order valence-corrected chi connectivity index (χ1v) is 7.65. The summed E-state index contributed by atoms with van der Waals surface area (Å²) in [5.74, 6) is 0.689. The van der Waals surface area contributed by atoms with Gasteiger partial charge in [-0.15, -0.1) is 0 Å². The second kappa shape index (κ2) is 4.71. The molecule has 1 aromatic carbocycles. The van der Waals surface area contributed by atoms with Gasteiger partial charge in [-0.3, -0.25) is 4.90 Å². The fraction of sp³-hybridized carbons (Fsp3) is 0.625. The van der Waals surface area contributed by atoms with E-state index in [1.54, 1.807) is 12.1 Å². The van der Waals surface area contributed by atoms with Gasteiger partial charge in [0.05, 0.1) is 0 Å². The Morgan fingerprint density at radius 3 is 2.75 bits per heavy atom. The van der Waals surface area contributed by atoms with E-state index in [2.05, 4.69) is 4.90 Å². The smallest absolute Gasteiger partial charge is 0.123 e. The molecule has 4 heteroatoms. The van der Waals surface area contributed by atoms with E-state index in [0.29, 0.717) is 18.1 Å². The highest BCUT2D eigenvalue weighted by molar-refractivity contribution is 5.38. The summed E-state index contributed by atoms with van der Waals surface area (Å²) in [6, 6.07) is 6.48. The van der Waals surface area contributed by atoms with E-state index in [1.165, 1.54) is 18.9 Å². The number of nitrogens with zero attached hydrogens (tertiary/aromatic N) is 1. The zero-order valence-corrected chi connectivity index (χ0v) is 11.6. The molecule has 0 aliphatic carbocycles. The molecular weight excluding hydrogens is 255 g/mol. The van der Waals surface area contributed by atoms with Crippen LogP contribution in [0, 0.1) is 5.82 Å². The van der Waals surface area contributed by atoms with Crippen LogP contribution in [0.5, 0.6) is 5.75 Å². The van der Waals surface area contributed by atoms with Crippen molar-refractivity contribution in [2.24, 2.45) is 5.73 Å². The van der Waals surface area contributed by atoms with Gasteiger partial charge in [0.1, 0.15) is 17.7 Å². The fourth-order valence-corrected chi connectivity index (χ4v) is 4.24. The highest BCUT2D eigenvalue weighted by atomic mass is 19.1. The van der Waals surface area contributed by atoms with E-state index in [-0.39, 0.29) is 11.9 Å². The highest BCUT2D eigenvalue weighted by Gasteiger charge is 2.41. The van der Waals surface area contributed by atoms with Crippen LogP contribution in [0.4, 0.5) is 4.39 Å². The average molecular weight is 276 g/mol. The molecule has 2 N–H and O–H groups in total. The lowest BCUT2D eigenvalue weighted by atomic mass is 9.97. The molecule has 0 spiro atoms. The van der Waals surface area contributed by atoms with E-state index in [0.717, 1.165) is 37.1 Å². The van der Waals surface area contributed by atoms with E-state index in [1.807, 2.05) is 0 Å². The predicted octanol–water partition coefficient (Wildman–Crippen LogP) is 2.08. The van der Waals surface area contributed by atoms with Gasteiger partial charge in [-0.2, -0.15) is 0 Å². The van der Waals surface area contributed by atoms with Crippen LogP contribution in [0.25, 0.3) is 0 Å². The predicted molar refractivity (Wildman–Crippen MR) is 75.2 cm³/mol. The lowest BCUT2D eigenvalue weighted by molar-refractivity contribution is 0.0772. The first-order valence-electron chi connectivity index (χ1n) is 7.65. The quantitative estimate of drug-likeness (QED) is 0.899. The van der Waals surface area contributed by atoms with Crippen LogP contribution < -0.4 is 10.5 Å². The van der Waals surface area contributed by atoms with Crippen LogP contribution in [0.15, 0.2) is 18.2 Å². The Kier molecular flexibility index (Phi) is 2.97. The maximum Gasteiger partial charge on any atom is 0.123 e. The molecule has 3 heterocycles. The summed E-state index contributed by atoms with van der Waals surface area (Å²) in [7, 11) is 0. The monoisotopic (exact) mass is 276 g/mol. The van der Waals surface area contributed by atoms with Gasteiger partial charge in [0.2, 0.25) is 0 Å². The molecule has 0 radical (unpaired) electrons. The van der Waals surface area contributed by atoms with Crippen molar-refractivity contribution in [1.82, 2.24) is 4.90 Å². The van der Waals surface area contributed by atoms with Gasteiger partial charge in [0, 0.05) is 36.7 Å². The lowest BCUT2D eigenvalue weighted by Gasteiger charge is -2.38. The molecule has 2 fully saturated rings. The van der Waals surface area contributed by atoms with Gasteiger partial charge in [-0.1, -0.05) is 0 Å². The first kappa shape index (κ1) is 12.6. The maximum atomic E-state index is 13.2. The molecule has 0 saturated carbocycles. The second-order valence-electron chi connectivity index (χ2n) is 6.51. The van der Waals surface area contributed by atoms with Crippen molar-refractivity contribution < 1.29 is 9.13 Å². The summed E-state index contributed by atoms with van der Waals surface area (Å²) in [5.41, 5.74) is 7.12. The Morgan fingerprint density at radius 1 is 1.25 bits per heavy atom. The summed E-state index contributed by atoms with van der Waals surface area (Å²) in [6.45, 7) is 0.957. The van der Waals surface area contributed by atoms with Crippen LogP contribution in [0.1, 0.15) is 31.2 Å². The summed E-state index contributed by atoms with van der Waals surface area (Å²) in [4.78, 5) is 2.59. The third kappa shape index (κ3) is 2.11. The van der Waals surface area contributed by atoms with E-state index in [9.17, 15) is 4.39 Å². The molecule has 108 valence electrons. The Bertz CT molecular complexity index is 507. The van der Waals surface area contributed by atoms with Crippen LogP contribution in [-0.4, -0.2) is 35.7 Å². The Labute approximate surface area is 118 Å². The van der Waals surface area contributed by atoms with Gasteiger partial charge >= 0.3 is 0 Å². The van der Waals surface area contributed by atoms with Gasteiger partial charge in [-0.25, -0.2) is 4.39 Å². The Morgan fingerprint density at radius 2 is 2.00 bits per heavy atom. The minimum absolute atomic E-state index is 0.169. The molecule has 20 heavy (non-hydrogen) atoms. The Balaban J connectivity index is 1.44. The molecule has 2 bridgehead atoms. The van der Waals surface area contributed by atoms with E-state index >= 15 is 0 Å². The Hall–Kier alpha value is -1.13. The number of ether oxygens (including phenoxy) is 1. The highest BCUT2D eigenvalue weighted by Crippen LogP contribution is 2.37. The van der Waals surface area contributed by atoms with Gasteiger partial charge < -0.3 is 10.5 Å². The zero-order chi connectivity index (χ0) is 13.7. The number of rotatable bonds is 2. The third-order valence-electron chi connectivity index (χ3n) is 5.10. The lowest BCUT2D eigenvalue weighted by Crippen LogP contribution is -2.50. The molecule has 2 saturated heterocycles. The van der Waals surface area contributed by atoms with Crippen molar-refractivity contribution in [3.8, 4) is 5.75 Å². The third-order valence-corrected chi connectivity index (χ3v) is 5.10. The molecule has 3 atom stereocenters. The van der Waals surface area contributed by atoms with Crippen molar-refractivity contribution in [1.29, 1.82) is 0 Å². The topological polar surface area (TPSA) is 38.5 Å². The van der Waals surface area contributed by atoms with Crippen LogP contribution >= 0.6 is 0 Å². The van der Waals surface area contributed by atoms with E-state index in [4.69, 9.17) is 10.5 Å². The first-order chi connectivity index (χ1) is 9.69. The molecule has 3 nitrogen and oxygen atoms in total. The minimum atomic E-state index is -0.169. The molecule has 0 aromatic heterocycles. The molecular formula is C16H21FN2O. The SMILES string of the molecule is NC1CC2CCC(C1)N2CC1Cc2cc(F)ccc2O1. The average Bonchev–Trinajstić information content (AvgIpc) is 2.89. The summed E-state index contributed by atoms with van der Waals surface area (Å²) in [5, 5.41) is 0. The van der Waals surface area contributed by atoms with Gasteiger partial charge in [0.25, 0.3) is 0 Å². The number of benzene rings is 1. The molecule has 1 aromatic rings. The van der Waals surface area contributed by atoms with Crippen molar-refractivity contribution in [2.75, 3.05) is 6.54 Å². The number of hydrogen-bond acceptors (Lipinski definition) is 3. The number of piperidine rings is 1. The normalized spacial score (nSPS) is 35.9. The van der Waals surface area contributed by atoms with Crippen molar-refractivity contribution in [3.63, 3.8) is 0 Å². The van der Waals surface area contributed by atoms with Crippen molar-refractivity contribution in [2.45, 2.75) is 56.3 Å². The summed E-state index contributed by atoms with van der Waals surface area (Å²) in [6.07, 6.45) is 5.77. The fourth-order valence-electron chi connectivity index (χ4n) is 4.24. The molecule has 3 unspecified atom stereocenters. The maximum absolute atomic E-state index is 13.2. The zero-order valence-electron chi connectivity index (χ0n) is 11.6. The molecule has 3 aliphatic heterocycles. The number of hydrogen-bond donors (Lipinski definition) is 1. The number of nitrogens with two attached hydrogens (primary N) is 1. The van der Waals surface area contributed by atoms with Gasteiger partial charge in [0.15, 0.2) is 0 Å². The van der Waals surface area contributed by atoms with Crippen molar-refractivity contribution in [3.05, 3.63) is 29.6 Å². The summed E-state index contributed by atoms with van der Waals surface area (Å²) >= 11 is 0. The largest absolute Gasteiger partial charge is 0.488 e. The van der Waals surface area contributed by atoms with Crippen molar-refractivity contribution >= 4 is 0 Å². The number of fused-ring (bicyclic) bond motifs is 3. The van der Waals surface area contributed by atoms with E-state index < -0.39 is 0 Å². The second-order valence-corrected chi connectivity index (χ2v) is 6.51. The summed E-state index contributed by atoms with van der Waals surface area (Å²) < 4.78 is 19.2. The minimum Gasteiger partial charge on any atom is -0.488 e. The van der Waals surface area contributed by atoms with Crippen LogP contribution in [-0.2, 0) is 6.42 Å². The molecule has 3 aliphatic rings. The molecule has 4 rings (SSSR count). The van der Waals surface area contributed by atoms with Gasteiger partial charge in [-0.05, 0) is 43.9 Å². The number of halogens is 1. The van der Waals surface area contributed by atoms with Crippen LogP contribution in [0.2, 0.25) is 0 Å². The van der Waals surface area contributed by atoms with Crippen LogP contribution in [0.3, 0.4) is 0 Å². The molecule has 0 amide bonds. The standard InChI is InChI=1S/C16H21FN2O/c17-11-1-4-16-10(5-11)6-15(20-16)9-19-13-2-3-14(19)8-12(18)7-13/h1,4-5,12-15H,2-3,6-9,18H2.